The Morgan fingerprint density at radius 3 is 2.62 bits per heavy atom. The molecule has 1 aromatic rings. The number of hydrogen-bond donors (Lipinski definition) is 3. The van der Waals surface area contributed by atoms with E-state index in [4.69, 9.17) is 5.11 Å². The van der Waals surface area contributed by atoms with Gasteiger partial charge in [0.25, 0.3) is 0 Å². The third-order valence-corrected chi connectivity index (χ3v) is 2.47. The zero-order valence-electron chi connectivity index (χ0n) is 9.28. The number of aromatic amines is 1. The van der Waals surface area contributed by atoms with Gasteiger partial charge in [0.15, 0.2) is 0 Å². The number of amides is 1. The highest BCUT2D eigenvalue weighted by Crippen LogP contribution is 2.14. The van der Waals surface area contributed by atoms with Gasteiger partial charge in [-0.05, 0) is 12.8 Å². The molecule has 0 fully saturated rings. The van der Waals surface area contributed by atoms with Gasteiger partial charge in [0.2, 0.25) is 5.91 Å². The maximum Gasteiger partial charge on any atom is 0.341 e. The zero-order chi connectivity index (χ0) is 12.1. The molecular formula is C10H15N3O3. The summed E-state index contributed by atoms with van der Waals surface area (Å²) in [4.78, 5) is 22.5. The van der Waals surface area contributed by atoms with Crippen LogP contribution in [0.3, 0.4) is 0 Å². The van der Waals surface area contributed by atoms with Crippen LogP contribution in [0.4, 0.5) is 5.82 Å². The summed E-state index contributed by atoms with van der Waals surface area (Å²) >= 11 is 0. The number of aromatic carboxylic acids is 1. The Balaban J connectivity index is 2.76. The van der Waals surface area contributed by atoms with Gasteiger partial charge in [-0.3, -0.25) is 9.89 Å². The minimum Gasteiger partial charge on any atom is -0.477 e. The first-order chi connectivity index (χ1) is 7.60. The number of nitrogens with zero attached hydrogens (tertiary/aromatic N) is 1. The highest BCUT2D eigenvalue weighted by Gasteiger charge is 2.18. The van der Waals surface area contributed by atoms with E-state index in [2.05, 4.69) is 15.5 Å². The predicted molar refractivity (Wildman–Crippen MR) is 58.2 cm³/mol. The molecule has 0 atom stereocenters. The number of rotatable bonds is 5. The average molecular weight is 225 g/mol. The van der Waals surface area contributed by atoms with Crippen molar-refractivity contribution in [3.05, 3.63) is 11.8 Å². The van der Waals surface area contributed by atoms with Gasteiger partial charge in [-0.2, -0.15) is 5.10 Å². The molecule has 0 aliphatic carbocycles. The van der Waals surface area contributed by atoms with Gasteiger partial charge in [-0.15, -0.1) is 0 Å². The van der Waals surface area contributed by atoms with Crippen LogP contribution in [0.1, 0.15) is 37.0 Å². The Kier molecular flexibility index (Phi) is 4.04. The van der Waals surface area contributed by atoms with Gasteiger partial charge in [0.1, 0.15) is 11.4 Å². The van der Waals surface area contributed by atoms with E-state index in [1.165, 1.54) is 6.20 Å². The Bertz CT molecular complexity index is 382. The van der Waals surface area contributed by atoms with Crippen LogP contribution in [0.2, 0.25) is 0 Å². The van der Waals surface area contributed by atoms with Crippen molar-refractivity contribution in [2.75, 3.05) is 5.32 Å². The molecule has 1 rings (SSSR count). The maximum atomic E-state index is 11.7. The normalized spacial score (nSPS) is 10.4. The molecule has 6 heteroatoms. The van der Waals surface area contributed by atoms with Crippen molar-refractivity contribution >= 4 is 17.7 Å². The predicted octanol–water partition coefficient (Wildman–Crippen LogP) is 1.48. The topological polar surface area (TPSA) is 95.1 Å². The summed E-state index contributed by atoms with van der Waals surface area (Å²) in [5.41, 5.74) is -0.0284. The lowest BCUT2D eigenvalue weighted by Gasteiger charge is -2.11. The lowest BCUT2D eigenvalue weighted by molar-refractivity contribution is -0.120. The van der Waals surface area contributed by atoms with E-state index in [1.54, 1.807) is 0 Å². The second-order valence-electron chi connectivity index (χ2n) is 3.47. The second kappa shape index (κ2) is 5.29. The first-order valence-electron chi connectivity index (χ1n) is 5.17. The summed E-state index contributed by atoms with van der Waals surface area (Å²) in [5.74, 6) is -1.26. The van der Waals surface area contributed by atoms with Gasteiger partial charge < -0.3 is 10.4 Å². The van der Waals surface area contributed by atoms with Gasteiger partial charge in [-0.25, -0.2) is 4.79 Å². The molecule has 0 saturated carbocycles. The second-order valence-corrected chi connectivity index (χ2v) is 3.47. The average Bonchev–Trinajstić information content (AvgIpc) is 2.67. The summed E-state index contributed by atoms with van der Waals surface area (Å²) in [6.45, 7) is 3.83. The molecule has 0 aliphatic rings. The first-order valence-corrected chi connectivity index (χ1v) is 5.17. The number of carbonyl (C=O) groups is 2. The molecule has 0 unspecified atom stereocenters. The molecule has 0 aromatic carbocycles. The van der Waals surface area contributed by atoms with Crippen LogP contribution < -0.4 is 5.32 Å². The van der Waals surface area contributed by atoms with Gasteiger partial charge in [0, 0.05) is 5.92 Å². The number of H-pyrrole nitrogens is 1. The monoisotopic (exact) mass is 225 g/mol. The van der Waals surface area contributed by atoms with Crippen molar-refractivity contribution in [2.24, 2.45) is 5.92 Å². The first kappa shape index (κ1) is 12.2. The highest BCUT2D eigenvalue weighted by atomic mass is 16.4. The Labute approximate surface area is 93.1 Å². The van der Waals surface area contributed by atoms with E-state index in [1.807, 2.05) is 13.8 Å². The molecular weight excluding hydrogens is 210 g/mol. The highest BCUT2D eigenvalue weighted by molar-refractivity contribution is 5.99. The van der Waals surface area contributed by atoms with Crippen LogP contribution in [0.15, 0.2) is 6.20 Å². The summed E-state index contributed by atoms with van der Waals surface area (Å²) in [6, 6.07) is 0. The number of aromatic nitrogens is 2. The van der Waals surface area contributed by atoms with Crippen molar-refractivity contribution in [1.29, 1.82) is 0 Å². The quantitative estimate of drug-likeness (QED) is 0.707. The molecule has 0 saturated heterocycles. The van der Waals surface area contributed by atoms with Crippen LogP contribution in [0.25, 0.3) is 0 Å². The number of hydrogen-bond acceptors (Lipinski definition) is 3. The summed E-state index contributed by atoms with van der Waals surface area (Å²) in [5, 5.41) is 17.4. The van der Waals surface area contributed by atoms with Crippen LogP contribution in [0.5, 0.6) is 0 Å². The fraction of sp³-hybridized carbons (Fsp3) is 0.500. The van der Waals surface area contributed by atoms with E-state index >= 15 is 0 Å². The third kappa shape index (κ3) is 2.59. The smallest absolute Gasteiger partial charge is 0.341 e. The van der Waals surface area contributed by atoms with E-state index in [-0.39, 0.29) is 23.2 Å². The number of nitrogens with one attached hydrogen (secondary N) is 2. The standard InChI is InChI=1S/C10H15N3O3/c1-3-6(4-2)9(14)12-8-7(10(15)16)5-11-13-8/h5-6H,3-4H2,1-2H3,(H,15,16)(H2,11,12,13,14). The van der Waals surface area contributed by atoms with Gasteiger partial charge >= 0.3 is 5.97 Å². The minimum atomic E-state index is -1.12. The van der Waals surface area contributed by atoms with Crippen LogP contribution in [-0.4, -0.2) is 27.2 Å². The molecule has 0 bridgehead atoms. The van der Waals surface area contributed by atoms with Crippen molar-refractivity contribution < 1.29 is 14.7 Å². The van der Waals surface area contributed by atoms with Crippen LogP contribution in [0, 0.1) is 5.92 Å². The number of carboxylic acid groups (broad SMARTS) is 1. The van der Waals surface area contributed by atoms with Gasteiger partial charge in [0.05, 0.1) is 6.20 Å². The Hall–Kier alpha value is -1.85. The van der Waals surface area contributed by atoms with E-state index < -0.39 is 5.97 Å². The van der Waals surface area contributed by atoms with Crippen molar-refractivity contribution in [3.8, 4) is 0 Å². The molecule has 0 spiro atoms. The molecule has 1 heterocycles. The molecule has 3 N–H and O–H groups in total. The molecule has 1 aromatic heterocycles. The molecule has 16 heavy (non-hydrogen) atoms. The molecule has 88 valence electrons. The zero-order valence-corrected chi connectivity index (χ0v) is 9.28. The van der Waals surface area contributed by atoms with Crippen molar-refractivity contribution in [1.82, 2.24) is 10.2 Å². The minimum absolute atomic E-state index is 0.0284. The largest absolute Gasteiger partial charge is 0.477 e. The molecule has 6 nitrogen and oxygen atoms in total. The fourth-order valence-electron chi connectivity index (χ4n) is 1.43. The summed E-state index contributed by atoms with van der Waals surface area (Å²) in [6.07, 6.45) is 2.61. The number of carbonyl (C=O) groups excluding carboxylic acids is 1. The fourth-order valence-corrected chi connectivity index (χ4v) is 1.43. The lowest BCUT2D eigenvalue weighted by Crippen LogP contribution is -2.22. The number of anilines is 1. The van der Waals surface area contributed by atoms with E-state index in [9.17, 15) is 9.59 Å². The Morgan fingerprint density at radius 2 is 2.12 bits per heavy atom. The van der Waals surface area contributed by atoms with Crippen molar-refractivity contribution in [2.45, 2.75) is 26.7 Å². The SMILES string of the molecule is CCC(CC)C(=O)Nc1[nH]ncc1C(=O)O. The van der Waals surface area contributed by atoms with E-state index in [0.29, 0.717) is 0 Å². The van der Waals surface area contributed by atoms with Crippen LogP contribution in [-0.2, 0) is 4.79 Å². The molecule has 1 amide bonds. The molecule has 0 radical (unpaired) electrons. The van der Waals surface area contributed by atoms with E-state index in [0.717, 1.165) is 12.8 Å². The molecule has 0 aliphatic heterocycles. The third-order valence-electron chi connectivity index (χ3n) is 2.47. The summed E-state index contributed by atoms with van der Waals surface area (Å²) < 4.78 is 0. The maximum absolute atomic E-state index is 11.7. The Morgan fingerprint density at radius 1 is 1.50 bits per heavy atom. The number of carboxylic acids is 1. The lowest BCUT2D eigenvalue weighted by atomic mass is 10.0. The van der Waals surface area contributed by atoms with Crippen LogP contribution >= 0.6 is 0 Å². The summed E-state index contributed by atoms with van der Waals surface area (Å²) in [7, 11) is 0. The van der Waals surface area contributed by atoms with Gasteiger partial charge in [-0.1, -0.05) is 13.8 Å². The van der Waals surface area contributed by atoms with Crippen molar-refractivity contribution in [3.63, 3.8) is 0 Å².